The number of rotatable bonds is 4. The maximum absolute atomic E-state index is 6.17. The molecule has 7 nitrogen and oxygen atoms in total. The summed E-state index contributed by atoms with van der Waals surface area (Å²) in [6, 6.07) is 7.43. The molecule has 0 bridgehead atoms. The molecule has 2 aromatic heterocycles. The van der Waals surface area contributed by atoms with E-state index in [0.29, 0.717) is 35.1 Å². The van der Waals surface area contributed by atoms with Crippen LogP contribution in [0, 0.1) is 6.92 Å². The molecule has 0 aliphatic carbocycles. The molecule has 1 saturated heterocycles. The van der Waals surface area contributed by atoms with E-state index in [-0.39, 0.29) is 5.92 Å². The summed E-state index contributed by atoms with van der Waals surface area (Å²) in [6.45, 7) is 4.19. The predicted molar refractivity (Wildman–Crippen MR) is 86.4 cm³/mol. The number of halogens is 1. The molecule has 1 aliphatic heterocycles. The Bertz CT molecular complexity index is 846. The van der Waals surface area contributed by atoms with Crippen LogP contribution in [0.15, 0.2) is 33.2 Å². The van der Waals surface area contributed by atoms with E-state index < -0.39 is 0 Å². The fourth-order valence-corrected chi connectivity index (χ4v) is 3.13. The van der Waals surface area contributed by atoms with Crippen molar-refractivity contribution in [1.29, 1.82) is 0 Å². The van der Waals surface area contributed by atoms with Crippen molar-refractivity contribution in [3.8, 4) is 11.5 Å². The molecule has 1 fully saturated rings. The van der Waals surface area contributed by atoms with E-state index in [1.807, 2.05) is 25.1 Å². The third-order valence-corrected chi connectivity index (χ3v) is 4.42. The van der Waals surface area contributed by atoms with Crippen molar-refractivity contribution in [2.24, 2.45) is 0 Å². The summed E-state index contributed by atoms with van der Waals surface area (Å²) < 4.78 is 11.0. The number of likely N-dealkylation sites (tertiary alicyclic amines) is 1. The van der Waals surface area contributed by atoms with E-state index in [1.54, 1.807) is 6.07 Å². The number of nitrogens with zero attached hydrogens (tertiary/aromatic N) is 5. The molecule has 1 aliphatic rings. The van der Waals surface area contributed by atoms with E-state index in [4.69, 9.17) is 20.5 Å². The summed E-state index contributed by atoms with van der Waals surface area (Å²) >= 11 is 6.17. The molecular weight excluding hydrogens is 330 g/mol. The second kappa shape index (κ2) is 6.33. The van der Waals surface area contributed by atoms with Crippen LogP contribution in [-0.2, 0) is 6.54 Å². The fraction of sp³-hybridized carbons (Fsp3) is 0.375. The van der Waals surface area contributed by atoms with Crippen LogP contribution >= 0.6 is 11.6 Å². The number of hydrogen-bond acceptors (Lipinski definition) is 7. The van der Waals surface area contributed by atoms with Gasteiger partial charge >= 0.3 is 0 Å². The van der Waals surface area contributed by atoms with Crippen LogP contribution < -0.4 is 0 Å². The van der Waals surface area contributed by atoms with Crippen molar-refractivity contribution in [2.75, 3.05) is 13.1 Å². The molecule has 0 radical (unpaired) electrons. The van der Waals surface area contributed by atoms with Gasteiger partial charge in [-0.25, -0.2) is 0 Å². The fourth-order valence-electron chi connectivity index (χ4n) is 2.91. The second-order valence-corrected chi connectivity index (χ2v) is 6.29. The average molecular weight is 346 g/mol. The summed E-state index contributed by atoms with van der Waals surface area (Å²) in [5, 5.41) is 12.7. The summed E-state index contributed by atoms with van der Waals surface area (Å²) in [7, 11) is 0. The lowest BCUT2D eigenvalue weighted by Gasteiger charge is -2.11. The SMILES string of the molecule is Cc1noc([C@@H]2CCN(Cc3nnc(-c4ccccc4Cl)o3)C2)n1. The Labute approximate surface area is 143 Å². The van der Waals surface area contributed by atoms with Gasteiger partial charge in [-0.15, -0.1) is 10.2 Å². The van der Waals surface area contributed by atoms with Crippen LogP contribution in [0.4, 0.5) is 0 Å². The van der Waals surface area contributed by atoms with Crippen LogP contribution in [0.1, 0.15) is 29.9 Å². The van der Waals surface area contributed by atoms with Crippen molar-refractivity contribution < 1.29 is 8.94 Å². The molecule has 0 unspecified atom stereocenters. The molecule has 3 aromatic rings. The number of hydrogen-bond donors (Lipinski definition) is 0. The van der Waals surface area contributed by atoms with Gasteiger partial charge in [0.25, 0.3) is 0 Å². The minimum absolute atomic E-state index is 0.261. The van der Waals surface area contributed by atoms with E-state index in [0.717, 1.165) is 25.1 Å². The lowest BCUT2D eigenvalue weighted by molar-refractivity contribution is 0.280. The monoisotopic (exact) mass is 345 g/mol. The smallest absolute Gasteiger partial charge is 0.249 e. The minimum Gasteiger partial charge on any atom is -0.419 e. The maximum Gasteiger partial charge on any atom is 0.249 e. The maximum atomic E-state index is 6.17. The zero-order valence-corrected chi connectivity index (χ0v) is 13.9. The zero-order chi connectivity index (χ0) is 16.5. The molecular formula is C16H16ClN5O2. The van der Waals surface area contributed by atoms with Gasteiger partial charge in [0.1, 0.15) is 0 Å². The van der Waals surface area contributed by atoms with E-state index in [9.17, 15) is 0 Å². The topological polar surface area (TPSA) is 81.1 Å². The summed E-state index contributed by atoms with van der Waals surface area (Å²) in [5.41, 5.74) is 0.749. The lowest BCUT2D eigenvalue weighted by Crippen LogP contribution is -2.20. The first-order chi connectivity index (χ1) is 11.7. The van der Waals surface area contributed by atoms with Gasteiger partial charge in [-0.1, -0.05) is 28.9 Å². The Morgan fingerprint density at radius 1 is 1.29 bits per heavy atom. The molecule has 1 aromatic carbocycles. The van der Waals surface area contributed by atoms with Crippen LogP contribution in [-0.4, -0.2) is 38.3 Å². The second-order valence-electron chi connectivity index (χ2n) is 5.88. The first-order valence-electron chi connectivity index (χ1n) is 7.79. The van der Waals surface area contributed by atoms with Gasteiger partial charge in [0.15, 0.2) is 5.82 Å². The van der Waals surface area contributed by atoms with Crippen molar-refractivity contribution in [3.63, 3.8) is 0 Å². The average Bonchev–Trinajstić information content (AvgIpc) is 3.29. The van der Waals surface area contributed by atoms with Gasteiger partial charge in [0, 0.05) is 6.54 Å². The van der Waals surface area contributed by atoms with Gasteiger partial charge in [-0.3, -0.25) is 4.90 Å². The Hall–Kier alpha value is -2.25. The highest BCUT2D eigenvalue weighted by molar-refractivity contribution is 6.33. The molecule has 24 heavy (non-hydrogen) atoms. The standard InChI is InChI=1S/C16H16ClN5O2/c1-10-18-15(24-21-10)11-6-7-22(8-11)9-14-19-20-16(23-14)12-4-2-3-5-13(12)17/h2-5,11H,6-9H2,1H3/t11-/m1/s1. The van der Waals surface area contributed by atoms with Gasteiger partial charge in [-0.2, -0.15) is 4.98 Å². The van der Waals surface area contributed by atoms with Crippen molar-refractivity contribution in [2.45, 2.75) is 25.8 Å². The molecule has 0 saturated carbocycles. The van der Waals surface area contributed by atoms with Crippen LogP contribution in [0.2, 0.25) is 5.02 Å². The largest absolute Gasteiger partial charge is 0.419 e. The number of aryl methyl sites for hydroxylation is 1. The van der Waals surface area contributed by atoms with Crippen LogP contribution in [0.25, 0.3) is 11.5 Å². The normalized spacial score (nSPS) is 18.3. The summed E-state index contributed by atoms with van der Waals surface area (Å²) in [4.78, 5) is 6.56. The summed E-state index contributed by atoms with van der Waals surface area (Å²) in [5.74, 6) is 2.66. The highest BCUT2D eigenvalue weighted by Gasteiger charge is 2.29. The predicted octanol–water partition coefficient (Wildman–Crippen LogP) is 3.07. The van der Waals surface area contributed by atoms with Crippen LogP contribution in [0.3, 0.4) is 0 Å². The van der Waals surface area contributed by atoms with Crippen molar-refractivity contribution in [3.05, 3.63) is 46.9 Å². The third-order valence-electron chi connectivity index (χ3n) is 4.09. The van der Waals surface area contributed by atoms with E-state index in [1.165, 1.54) is 0 Å². The van der Waals surface area contributed by atoms with Crippen molar-refractivity contribution in [1.82, 2.24) is 25.2 Å². The Morgan fingerprint density at radius 3 is 2.96 bits per heavy atom. The van der Waals surface area contributed by atoms with E-state index >= 15 is 0 Å². The molecule has 1 atom stereocenters. The van der Waals surface area contributed by atoms with Crippen molar-refractivity contribution >= 4 is 11.6 Å². The third kappa shape index (κ3) is 3.05. The van der Waals surface area contributed by atoms with Gasteiger partial charge < -0.3 is 8.94 Å². The van der Waals surface area contributed by atoms with Crippen LogP contribution in [0.5, 0.6) is 0 Å². The molecule has 3 heterocycles. The Kier molecular flexibility index (Phi) is 4.03. The minimum atomic E-state index is 0.261. The van der Waals surface area contributed by atoms with Gasteiger partial charge in [0.2, 0.25) is 17.7 Å². The zero-order valence-electron chi connectivity index (χ0n) is 13.1. The molecule has 124 valence electrons. The molecule has 4 rings (SSSR count). The highest BCUT2D eigenvalue weighted by atomic mass is 35.5. The summed E-state index contributed by atoms with van der Waals surface area (Å²) in [6.07, 6.45) is 0.979. The quantitative estimate of drug-likeness (QED) is 0.718. The number of aromatic nitrogens is 4. The first kappa shape index (κ1) is 15.3. The van der Waals surface area contributed by atoms with E-state index in [2.05, 4.69) is 25.2 Å². The molecule has 0 spiro atoms. The highest BCUT2D eigenvalue weighted by Crippen LogP contribution is 2.29. The number of benzene rings is 1. The molecule has 8 heteroatoms. The first-order valence-corrected chi connectivity index (χ1v) is 8.16. The molecule has 0 N–H and O–H groups in total. The van der Waals surface area contributed by atoms with Gasteiger partial charge in [-0.05, 0) is 32.0 Å². The molecule has 0 amide bonds. The van der Waals surface area contributed by atoms with Gasteiger partial charge in [0.05, 0.1) is 23.0 Å². The lowest BCUT2D eigenvalue weighted by atomic mass is 10.1. The Balaban J connectivity index is 1.43. The Morgan fingerprint density at radius 2 is 2.17 bits per heavy atom.